The average Bonchev–Trinajstić information content (AvgIpc) is 2.94. The monoisotopic (exact) mass is 285 g/mol. The van der Waals surface area contributed by atoms with E-state index >= 15 is 0 Å². The van der Waals surface area contributed by atoms with Gasteiger partial charge in [-0.2, -0.15) is 0 Å². The molecule has 3 rings (SSSR count). The summed E-state index contributed by atoms with van der Waals surface area (Å²) in [6.07, 6.45) is 2.69. The summed E-state index contributed by atoms with van der Waals surface area (Å²) in [5, 5.41) is 11.8. The lowest BCUT2D eigenvalue weighted by Gasteiger charge is -2.44. The van der Waals surface area contributed by atoms with Gasteiger partial charge in [-0.15, -0.1) is 0 Å². The molecule has 0 aliphatic carbocycles. The van der Waals surface area contributed by atoms with Crippen LogP contribution in [0.5, 0.6) is 0 Å². The average molecular weight is 285 g/mol. The van der Waals surface area contributed by atoms with Gasteiger partial charge in [-0.05, 0) is 12.8 Å². The second-order valence-corrected chi connectivity index (χ2v) is 5.86. The Balaban J connectivity index is 1.63. The maximum atomic E-state index is 8.78. The van der Waals surface area contributed by atoms with Crippen LogP contribution in [0, 0.1) is 0 Å². The van der Waals surface area contributed by atoms with Crippen molar-refractivity contribution in [2.45, 2.75) is 37.0 Å². The van der Waals surface area contributed by atoms with Crippen molar-refractivity contribution in [3.05, 3.63) is 0 Å². The van der Waals surface area contributed by atoms with Gasteiger partial charge in [0, 0.05) is 38.8 Å². The van der Waals surface area contributed by atoms with Crippen LogP contribution in [0.3, 0.4) is 0 Å². The largest absolute Gasteiger partial charge is 0.409 e. The van der Waals surface area contributed by atoms with Crippen LogP contribution in [-0.2, 0) is 14.2 Å². The normalized spacial score (nSPS) is 40.3. The third-order valence-corrected chi connectivity index (χ3v) is 4.59. The number of morpholine rings is 1. The van der Waals surface area contributed by atoms with E-state index in [0.29, 0.717) is 25.8 Å². The SMILES string of the molecule is NC(=NO)C1CN(C2CCOC3(CCOC3)C2)CCO1. The lowest BCUT2D eigenvalue weighted by atomic mass is 9.88. The van der Waals surface area contributed by atoms with E-state index in [4.69, 9.17) is 25.2 Å². The van der Waals surface area contributed by atoms with Crippen molar-refractivity contribution in [2.24, 2.45) is 10.9 Å². The minimum Gasteiger partial charge on any atom is -0.409 e. The van der Waals surface area contributed by atoms with Crippen LogP contribution in [0.15, 0.2) is 5.16 Å². The number of oxime groups is 1. The first kappa shape index (κ1) is 14.1. The van der Waals surface area contributed by atoms with E-state index in [2.05, 4.69) is 10.1 Å². The van der Waals surface area contributed by atoms with E-state index in [1.165, 1.54) is 0 Å². The van der Waals surface area contributed by atoms with E-state index in [0.717, 1.165) is 39.0 Å². The first-order valence-electron chi connectivity index (χ1n) is 7.27. The van der Waals surface area contributed by atoms with Gasteiger partial charge in [0.05, 0.1) is 18.8 Å². The zero-order chi connectivity index (χ0) is 14.0. The van der Waals surface area contributed by atoms with Crippen molar-refractivity contribution in [1.82, 2.24) is 4.90 Å². The molecule has 0 bridgehead atoms. The zero-order valence-electron chi connectivity index (χ0n) is 11.7. The lowest BCUT2D eigenvalue weighted by Crippen LogP contribution is -2.56. The minimum absolute atomic E-state index is 0.0900. The molecule has 0 amide bonds. The van der Waals surface area contributed by atoms with Gasteiger partial charge >= 0.3 is 0 Å². The highest BCUT2D eigenvalue weighted by atomic mass is 16.6. The topological polar surface area (TPSA) is 89.5 Å². The molecule has 3 atom stereocenters. The summed E-state index contributed by atoms with van der Waals surface area (Å²) in [5.74, 6) is 0.153. The fraction of sp³-hybridized carbons (Fsp3) is 0.923. The molecule has 3 aliphatic rings. The van der Waals surface area contributed by atoms with Crippen LogP contribution in [0.1, 0.15) is 19.3 Å². The molecule has 1 spiro atoms. The summed E-state index contributed by atoms with van der Waals surface area (Å²) >= 11 is 0. The molecule has 3 heterocycles. The third-order valence-electron chi connectivity index (χ3n) is 4.59. The number of nitrogens with zero attached hydrogens (tertiary/aromatic N) is 2. The molecule has 3 aliphatic heterocycles. The standard InChI is InChI=1S/C13H23N3O4/c14-12(15-17)11-8-16(3-6-19-11)10-1-4-20-13(7-10)2-5-18-9-13/h10-11,17H,1-9H2,(H2,14,15). The van der Waals surface area contributed by atoms with Crippen LogP contribution in [-0.4, -0.2) is 73.2 Å². The molecule has 0 aromatic carbocycles. The van der Waals surface area contributed by atoms with Gasteiger partial charge in [0.2, 0.25) is 0 Å². The molecule has 114 valence electrons. The second kappa shape index (κ2) is 5.85. The van der Waals surface area contributed by atoms with Crippen LogP contribution < -0.4 is 5.73 Å². The first-order chi connectivity index (χ1) is 9.72. The van der Waals surface area contributed by atoms with Crippen LogP contribution in [0.25, 0.3) is 0 Å². The van der Waals surface area contributed by atoms with Crippen LogP contribution in [0.2, 0.25) is 0 Å². The highest BCUT2D eigenvalue weighted by molar-refractivity contribution is 5.84. The van der Waals surface area contributed by atoms with Crippen LogP contribution >= 0.6 is 0 Å². The van der Waals surface area contributed by atoms with Crippen molar-refractivity contribution < 1.29 is 19.4 Å². The van der Waals surface area contributed by atoms with Gasteiger partial charge in [-0.25, -0.2) is 0 Å². The zero-order valence-corrected chi connectivity index (χ0v) is 11.7. The number of hydrogen-bond acceptors (Lipinski definition) is 6. The van der Waals surface area contributed by atoms with Crippen molar-refractivity contribution >= 4 is 5.84 Å². The highest BCUT2D eigenvalue weighted by Gasteiger charge is 2.43. The first-order valence-corrected chi connectivity index (χ1v) is 7.27. The number of nitrogens with two attached hydrogens (primary N) is 1. The quantitative estimate of drug-likeness (QED) is 0.315. The molecule has 3 N–H and O–H groups in total. The fourth-order valence-corrected chi connectivity index (χ4v) is 3.42. The van der Waals surface area contributed by atoms with E-state index in [1.807, 2.05) is 0 Å². The van der Waals surface area contributed by atoms with E-state index < -0.39 is 0 Å². The van der Waals surface area contributed by atoms with Crippen LogP contribution in [0.4, 0.5) is 0 Å². The Labute approximate surface area is 118 Å². The molecule has 0 aromatic rings. The fourth-order valence-electron chi connectivity index (χ4n) is 3.42. The summed E-state index contributed by atoms with van der Waals surface area (Å²) in [6.45, 7) is 4.45. The van der Waals surface area contributed by atoms with Gasteiger partial charge in [-0.3, -0.25) is 4.90 Å². The molecule has 0 saturated carbocycles. The predicted octanol–water partition coefficient (Wildman–Crippen LogP) is -0.228. The molecule has 3 fully saturated rings. The van der Waals surface area contributed by atoms with Gasteiger partial charge < -0.3 is 25.2 Å². The summed E-state index contributed by atoms with van der Waals surface area (Å²) in [5.41, 5.74) is 5.57. The predicted molar refractivity (Wildman–Crippen MR) is 71.9 cm³/mol. The molecule has 0 aromatic heterocycles. The maximum absolute atomic E-state index is 8.78. The van der Waals surface area contributed by atoms with E-state index in [1.54, 1.807) is 0 Å². The number of rotatable bonds is 2. The Bertz CT molecular complexity index is 371. The van der Waals surface area contributed by atoms with Gasteiger partial charge in [0.1, 0.15) is 6.10 Å². The maximum Gasteiger partial charge on any atom is 0.169 e. The number of hydrogen-bond donors (Lipinski definition) is 2. The van der Waals surface area contributed by atoms with Crippen molar-refractivity contribution in [1.29, 1.82) is 0 Å². The summed E-state index contributed by atoms with van der Waals surface area (Å²) in [7, 11) is 0. The Morgan fingerprint density at radius 3 is 3.00 bits per heavy atom. The van der Waals surface area contributed by atoms with Gasteiger partial charge in [-0.1, -0.05) is 5.16 Å². The Morgan fingerprint density at radius 2 is 2.25 bits per heavy atom. The van der Waals surface area contributed by atoms with Crippen molar-refractivity contribution in [3.8, 4) is 0 Å². The summed E-state index contributed by atoms with van der Waals surface area (Å²) < 4.78 is 17.0. The Kier molecular flexibility index (Phi) is 4.11. The molecule has 3 saturated heterocycles. The molecule has 3 unspecified atom stereocenters. The van der Waals surface area contributed by atoms with E-state index in [9.17, 15) is 0 Å². The van der Waals surface area contributed by atoms with Gasteiger partial charge in [0.25, 0.3) is 0 Å². The molecule has 7 heteroatoms. The third kappa shape index (κ3) is 2.76. The number of ether oxygens (including phenoxy) is 3. The molecule has 7 nitrogen and oxygen atoms in total. The Morgan fingerprint density at radius 1 is 1.35 bits per heavy atom. The minimum atomic E-state index is -0.313. The summed E-state index contributed by atoms with van der Waals surface area (Å²) in [4.78, 5) is 2.38. The Hall–Kier alpha value is -0.890. The molecular weight excluding hydrogens is 262 g/mol. The van der Waals surface area contributed by atoms with Crippen molar-refractivity contribution in [2.75, 3.05) is 39.5 Å². The van der Waals surface area contributed by atoms with Gasteiger partial charge in [0.15, 0.2) is 5.84 Å². The summed E-state index contributed by atoms with van der Waals surface area (Å²) in [6, 6.07) is 0.461. The molecule has 20 heavy (non-hydrogen) atoms. The smallest absolute Gasteiger partial charge is 0.169 e. The van der Waals surface area contributed by atoms with E-state index in [-0.39, 0.29) is 17.5 Å². The van der Waals surface area contributed by atoms with Crippen molar-refractivity contribution in [3.63, 3.8) is 0 Å². The highest BCUT2D eigenvalue weighted by Crippen LogP contribution is 2.35. The number of amidine groups is 1. The lowest BCUT2D eigenvalue weighted by molar-refractivity contribution is -0.118. The molecule has 0 radical (unpaired) electrons. The second-order valence-electron chi connectivity index (χ2n) is 5.86. The molecular formula is C13H23N3O4.